The summed E-state index contributed by atoms with van der Waals surface area (Å²) in [6.07, 6.45) is -3.80. The van der Waals surface area contributed by atoms with E-state index in [0.29, 0.717) is 36.8 Å². The molecular weight excluding hydrogens is 475 g/mol. The molecular formula is C22H21ClF3N5OS. The Hall–Kier alpha value is -2.85. The van der Waals surface area contributed by atoms with Crippen molar-refractivity contribution in [3.63, 3.8) is 0 Å². The molecule has 174 valence electrons. The minimum absolute atomic E-state index is 0.114. The van der Waals surface area contributed by atoms with E-state index in [2.05, 4.69) is 19.6 Å². The number of hydrogen-bond donors (Lipinski definition) is 1. The van der Waals surface area contributed by atoms with Crippen LogP contribution in [0.4, 0.5) is 28.8 Å². The molecule has 1 atom stereocenters. The number of rotatable bonds is 4. The van der Waals surface area contributed by atoms with Gasteiger partial charge in [-0.1, -0.05) is 23.7 Å². The van der Waals surface area contributed by atoms with E-state index >= 15 is 0 Å². The number of benzene rings is 2. The third kappa shape index (κ3) is 5.75. The first kappa shape index (κ1) is 23.3. The molecule has 0 saturated carbocycles. The Morgan fingerprint density at radius 3 is 2.48 bits per heavy atom. The molecule has 6 nitrogen and oxygen atoms in total. The van der Waals surface area contributed by atoms with Crippen molar-refractivity contribution in [3.8, 4) is 0 Å². The van der Waals surface area contributed by atoms with E-state index in [0.717, 1.165) is 28.7 Å². The van der Waals surface area contributed by atoms with Gasteiger partial charge in [-0.15, -0.1) is 0 Å². The van der Waals surface area contributed by atoms with E-state index in [9.17, 15) is 18.0 Å². The van der Waals surface area contributed by atoms with Gasteiger partial charge < -0.3 is 15.1 Å². The van der Waals surface area contributed by atoms with Crippen LogP contribution >= 0.6 is 23.1 Å². The maximum absolute atomic E-state index is 12.7. The minimum Gasteiger partial charge on any atom is -0.343 e. The van der Waals surface area contributed by atoms with E-state index in [4.69, 9.17) is 11.6 Å². The van der Waals surface area contributed by atoms with Gasteiger partial charge in [0.15, 0.2) is 0 Å². The summed E-state index contributed by atoms with van der Waals surface area (Å²) in [5.74, 6) is 0.729. The highest BCUT2D eigenvalue weighted by Crippen LogP contribution is 2.30. The van der Waals surface area contributed by atoms with Crippen molar-refractivity contribution in [1.29, 1.82) is 0 Å². The lowest BCUT2D eigenvalue weighted by molar-refractivity contribution is -0.137. The SMILES string of the molecule is CC1CN(c2nc(Cc3ccc(Cl)cc3)ns2)CCN1C(=O)Nc1ccc(C(F)(F)F)cc1. The second-order valence-corrected chi connectivity index (χ2v) is 8.96. The zero-order valence-electron chi connectivity index (χ0n) is 17.6. The lowest BCUT2D eigenvalue weighted by atomic mass is 10.1. The molecule has 1 saturated heterocycles. The molecule has 2 amide bonds. The summed E-state index contributed by atoms with van der Waals surface area (Å²) >= 11 is 7.25. The molecule has 2 aromatic carbocycles. The number of aromatic nitrogens is 2. The van der Waals surface area contributed by atoms with E-state index in [1.165, 1.54) is 23.7 Å². The zero-order valence-corrected chi connectivity index (χ0v) is 19.2. The molecule has 4 rings (SSSR count). The fourth-order valence-electron chi connectivity index (χ4n) is 3.60. The fourth-order valence-corrected chi connectivity index (χ4v) is 4.45. The molecule has 11 heteroatoms. The average Bonchev–Trinajstić information content (AvgIpc) is 3.23. The predicted octanol–water partition coefficient (Wildman–Crippen LogP) is 5.54. The number of amides is 2. The number of halogens is 4. The highest BCUT2D eigenvalue weighted by Gasteiger charge is 2.31. The van der Waals surface area contributed by atoms with Gasteiger partial charge in [0.2, 0.25) is 5.13 Å². The third-order valence-electron chi connectivity index (χ3n) is 5.36. The van der Waals surface area contributed by atoms with Gasteiger partial charge in [-0.25, -0.2) is 9.78 Å². The highest BCUT2D eigenvalue weighted by atomic mass is 35.5. The summed E-state index contributed by atoms with van der Waals surface area (Å²) in [4.78, 5) is 21.1. The Bertz CT molecular complexity index is 1100. The zero-order chi connectivity index (χ0) is 23.6. The van der Waals surface area contributed by atoms with E-state index in [1.807, 2.05) is 31.2 Å². The van der Waals surface area contributed by atoms with Crippen molar-refractivity contribution in [1.82, 2.24) is 14.3 Å². The maximum Gasteiger partial charge on any atom is 0.416 e. The van der Waals surface area contributed by atoms with Crippen molar-refractivity contribution in [2.45, 2.75) is 25.6 Å². The predicted molar refractivity (Wildman–Crippen MR) is 123 cm³/mol. The molecule has 1 aliphatic heterocycles. The standard InChI is InChI=1S/C22H21ClF3N5OS/c1-14-13-30(21-28-19(29-33-21)12-15-2-6-17(23)7-3-15)10-11-31(14)20(32)27-18-8-4-16(5-9-18)22(24,25)26/h2-9,14H,10-13H2,1H3,(H,27,32). The summed E-state index contributed by atoms with van der Waals surface area (Å²) in [5.41, 5.74) is 0.635. The topological polar surface area (TPSA) is 61.4 Å². The number of alkyl halides is 3. The lowest BCUT2D eigenvalue weighted by Gasteiger charge is -2.39. The molecule has 1 fully saturated rings. The Morgan fingerprint density at radius 2 is 1.85 bits per heavy atom. The molecule has 1 aromatic heterocycles. The summed E-state index contributed by atoms with van der Waals surface area (Å²) in [5, 5.41) is 4.16. The van der Waals surface area contributed by atoms with Crippen molar-refractivity contribution in [2.75, 3.05) is 29.9 Å². The van der Waals surface area contributed by atoms with Crippen LogP contribution in [0, 0.1) is 0 Å². The Balaban J connectivity index is 1.33. The maximum atomic E-state index is 12.7. The highest BCUT2D eigenvalue weighted by molar-refractivity contribution is 7.09. The van der Waals surface area contributed by atoms with Gasteiger partial charge in [0.25, 0.3) is 0 Å². The van der Waals surface area contributed by atoms with Crippen molar-refractivity contribution >= 4 is 40.0 Å². The van der Waals surface area contributed by atoms with Crippen molar-refractivity contribution < 1.29 is 18.0 Å². The van der Waals surface area contributed by atoms with Gasteiger partial charge in [0.1, 0.15) is 5.82 Å². The second-order valence-electron chi connectivity index (χ2n) is 7.79. The van der Waals surface area contributed by atoms with Crippen molar-refractivity contribution in [2.24, 2.45) is 0 Å². The minimum atomic E-state index is -4.41. The van der Waals surface area contributed by atoms with Crippen LogP contribution in [-0.2, 0) is 12.6 Å². The van der Waals surface area contributed by atoms with Gasteiger partial charge in [0.05, 0.1) is 5.56 Å². The van der Waals surface area contributed by atoms with E-state index < -0.39 is 11.7 Å². The van der Waals surface area contributed by atoms with Crippen LogP contribution in [0.15, 0.2) is 48.5 Å². The first-order chi connectivity index (χ1) is 15.7. The smallest absolute Gasteiger partial charge is 0.343 e. The molecule has 33 heavy (non-hydrogen) atoms. The van der Waals surface area contributed by atoms with Crippen LogP contribution in [0.3, 0.4) is 0 Å². The number of anilines is 2. The van der Waals surface area contributed by atoms with Crippen LogP contribution in [0.2, 0.25) is 5.02 Å². The van der Waals surface area contributed by atoms with Crippen LogP contribution in [-0.4, -0.2) is 46.0 Å². The number of carbonyl (C=O) groups is 1. The van der Waals surface area contributed by atoms with Crippen LogP contribution in [0.5, 0.6) is 0 Å². The van der Waals surface area contributed by atoms with Crippen LogP contribution in [0.25, 0.3) is 0 Å². The number of hydrogen-bond acceptors (Lipinski definition) is 5. The monoisotopic (exact) mass is 495 g/mol. The Kier molecular flexibility index (Phi) is 6.76. The molecule has 1 unspecified atom stereocenters. The summed E-state index contributed by atoms with van der Waals surface area (Å²) in [6, 6.07) is 11.5. The van der Waals surface area contributed by atoms with E-state index in [-0.39, 0.29) is 12.1 Å². The van der Waals surface area contributed by atoms with Crippen LogP contribution in [0.1, 0.15) is 23.9 Å². The van der Waals surface area contributed by atoms with Crippen molar-refractivity contribution in [3.05, 3.63) is 70.5 Å². The Labute approximate surface area is 198 Å². The van der Waals surface area contributed by atoms with E-state index in [1.54, 1.807) is 4.90 Å². The molecule has 1 aliphatic rings. The number of nitrogens with zero attached hydrogens (tertiary/aromatic N) is 4. The van der Waals surface area contributed by atoms with Gasteiger partial charge in [0, 0.05) is 54.3 Å². The van der Waals surface area contributed by atoms with Crippen LogP contribution < -0.4 is 10.2 Å². The first-order valence-electron chi connectivity index (χ1n) is 10.3. The molecule has 2 heterocycles. The second kappa shape index (κ2) is 9.56. The van der Waals surface area contributed by atoms with Gasteiger partial charge >= 0.3 is 12.2 Å². The number of piperazine rings is 1. The number of nitrogens with one attached hydrogen (secondary N) is 1. The molecule has 0 aliphatic carbocycles. The summed E-state index contributed by atoms with van der Waals surface area (Å²) in [7, 11) is 0. The fraction of sp³-hybridized carbons (Fsp3) is 0.318. The largest absolute Gasteiger partial charge is 0.416 e. The van der Waals surface area contributed by atoms with Gasteiger partial charge in [-0.3, -0.25) is 0 Å². The number of carbonyl (C=O) groups excluding carboxylic acids is 1. The Morgan fingerprint density at radius 1 is 1.15 bits per heavy atom. The molecule has 0 radical (unpaired) electrons. The van der Waals surface area contributed by atoms with Gasteiger partial charge in [-0.2, -0.15) is 17.5 Å². The molecule has 1 N–H and O–H groups in total. The van der Waals surface area contributed by atoms with Gasteiger partial charge in [-0.05, 0) is 48.9 Å². The average molecular weight is 496 g/mol. The molecule has 0 bridgehead atoms. The quantitative estimate of drug-likeness (QED) is 0.516. The normalized spacial score (nSPS) is 16.7. The summed E-state index contributed by atoms with van der Waals surface area (Å²) < 4.78 is 42.6. The summed E-state index contributed by atoms with van der Waals surface area (Å²) in [6.45, 7) is 3.55. The molecule has 3 aromatic rings. The lowest BCUT2D eigenvalue weighted by Crippen LogP contribution is -2.55. The number of urea groups is 1. The third-order valence-corrected chi connectivity index (χ3v) is 6.42. The molecule has 0 spiro atoms. The first-order valence-corrected chi connectivity index (χ1v) is 11.4.